The van der Waals surface area contributed by atoms with Crippen molar-refractivity contribution in [3.8, 4) is 17.4 Å². The number of hydrogen-bond donors (Lipinski definition) is 0. The van der Waals surface area contributed by atoms with Crippen molar-refractivity contribution in [1.29, 1.82) is 0 Å². The normalized spacial score (nSPS) is 19.2. The molecule has 1 saturated carbocycles. The van der Waals surface area contributed by atoms with Crippen LogP contribution >= 0.6 is 0 Å². The Morgan fingerprint density at radius 2 is 1.90 bits per heavy atom. The van der Waals surface area contributed by atoms with Crippen molar-refractivity contribution in [2.24, 2.45) is 5.41 Å². The average molecular weight is 725 g/mol. The summed E-state index contributed by atoms with van der Waals surface area (Å²) in [6, 6.07) is 4.86. The number of fused-ring (bicyclic) bond motifs is 1. The van der Waals surface area contributed by atoms with Gasteiger partial charge in [0.15, 0.2) is 5.82 Å². The van der Waals surface area contributed by atoms with E-state index in [9.17, 15) is 18.0 Å². The Labute approximate surface area is 302 Å². The van der Waals surface area contributed by atoms with Crippen LogP contribution in [-0.4, -0.2) is 118 Å². The lowest BCUT2D eigenvalue weighted by atomic mass is 9.61. The maximum atomic E-state index is 14.3. The summed E-state index contributed by atoms with van der Waals surface area (Å²) in [5, 5.41) is 8.00. The van der Waals surface area contributed by atoms with Gasteiger partial charge in [0, 0.05) is 81.2 Å². The number of hydrogen-bond acceptors (Lipinski definition) is 11. The van der Waals surface area contributed by atoms with Crippen molar-refractivity contribution in [2.75, 3.05) is 64.1 Å². The van der Waals surface area contributed by atoms with E-state index in [1.165, 1.54) is 24.4 Å². The predicted molar refractivity (Wildman–Crippen MR) is 186 cm³/mol. The summed E-state index contributed by atoms with van der Waals surface area (Å²) in [5.41, 5.74) is 2.20. The number of ether oxygens (including phenoxy) is 3. The van der Waals surface area contributed by atoms with E-state index < -0.39 is 30.7 Å². The summed E-state index contributed by atoms with van der Waals surface area (Å²) in [5.74, 6) is -0.0755. The van der Waals surface area contributed by atoms with Gasteiger partial charge in [-0.2, -0.15) is 0 Å². The minimum Gasteiger partial charge on any atom is -0.490 e. The van der Waals surface area contributed by atoms with Crippen molar-refractivity contribution in [3.63, 3.8) is 0 Å². The molecule has 0 bridgehead atoms. The fraction of sp³-hybridized carbons (Fsp3) is 0.595. The molecule has 1 amide bonds. The van der Waals surface area contributed by atoms with Crippen LogP contribution in [0.15, 0.2) is 36.8 Å². The highest BCUT2D eigenvalue weighted by atomic mass is 19.3. The van der Waals surface area contributed by atoms with E-state index in [4.69, 9.17) is 14.2 Å². The predicted octanol–water partition coefficient (Wildman–Crippen LogP) is 5.18. The molecule has 1 spiro atoms. The van der Waals surface area contributed by atoms with Gasteiger partial charge in [-0.25, -0.2) is 18.2 Å². The summed E-state index contributed by atoms with van der Waals surface area (Å²) in [7, 11) is 0. The van der Waals surface area contributed by atoms with Gasteiger partial charge in [-0.05, 0) is 76.8 Å². The third-order valence-corrected chi connectivity index (χ3v) is 10.5. The second-order valence-corrected chi connectivity index (χ2v) is 14.8. The first-order valence-corrected chi connectivity index (χ1v) is 18.3. The average Bonchev–Trinajstić information content (AvgIpc) is 3.37. The Morgan fingerprint density at radius 3 is 2.71 bits per heavy atom. The number of benzene rings is 1. The van der Waals surface area contributed by atoms with E-state index in [2.05, 4.69) is 30.0 Å². The summed E-state index contributed by atoms with van der Waals surface area (Å²) in [4.78, 5) is 30.4. The van der Waals surface area contributed by atoms with Gasteiger partial charge >= 0.3 is 0 Å². The summed E-state index contributed by atoms with van der Waals surface area (Å²) in [6.07, 6.45) is 6.66. The molecular formula is C37H47F3N8O4. The van der Waals surface area contributed by atoms with Crippen LogP contribution in [0.3, 0.4) is 0 Å². The zero-order valence-electron chi connectivity index (χ0n) is 29.9. The minimum atomic E-state index is -2.75. The molecule has 4 aliphatic rings. The molecule has 5 heterocycles. The Kier molecular flexibility index (Phi) is 11.1. The SMILES string of the molecule is CC(C)N(CC(F)F)C(=O)c1cc(F)ccc1Oc1nncnc1N1CC2(CC(Oc3ccnc4c3CN(CCCN3CCCCOC3)CC4)C2)C1. The van der Waals surface area contributed by atoms with E-state index in [1.807, 2.05) is 17.2 Å². The number of halogens is 3. The highest BCUT2D eigenvalue weighted by molar-refractivity contribution is 5.97. The fourth-order valence-electron chi connectivity index (χ4n) is 7.84. The topological polar surface area (TPSA) is 109 Å². The molecule has 0 N–H and O–H groups in total. The molecule has 3 aliphatic heterocycles. The van der Waals surface area contributed by atoms with E-state index >= 15 is 0 Å². The lowest BCUT2D eigenvalue weighted by molar-refractivity contribution is -0.0353. The van der Waals surface area contributed by atoms with E-state index in [1.54, 1.807) is 13.8 Å². The first-order valence-electron chi connectivity index (χ1n) is 18.3. The van der Waals surface area contributed by atoms with E-state index in [0.29, 0.717) is 18.9 Å². The second-order valence-electron chi connectivity index (χ2n) is 14.8. The molecule has 1 aromatic carbocycles. The zero-order chi connectivity index (χ0) is 36.2. The number of anilines is 1. The number of carbonyl (C=O) groups excluding carboxylic acids is 1. The van der Waals surface area contributed by atoms with Crippen molar-refractivity contribution in [1.82, 2.24) is 34.9 Å². The van der Waals surface area contributed by atoms with Crippen molar-refractivity contribution in [2.45, 2.75) is 77.5 Å². The van der Waals surface area contributed by atoms with Crippen LogP contribution in [0, 0.1) is 11.2 Å². The second kappa shape index (κ2) is 15.9. The highest BCUT2D eigenvalue weighted by Gasteiger charge is 2.54. The van der Waals surface area contributed by atoms with Gasteiger partial charge < -0.3 is 24.0 Å². The lowest BCUT2D eigenvalue weighted by Gasteiger charge is -2.58. The maximum Gasteiger partial charge on any atom is 0.282 e. The molecule has 280 valence electrons. The van der Waals surface area contributed by atoms with Gasteiger partial charge in [-0.15, -0.1) is 10.2 Å². The highest BCUT2D eigenvalue weighted by Crippen LogP contribution is 2.52. The van der Waals surface area contributed by atoms with Crippen LogP contribution in [0.2, 0.25) is 0 Å². The molecule has 7 rings (SSSR count). The van der Waals surface area contributed by atoms with Crippen molar-refractivity contribution in [3.05, 3.63) is 59.4 Å². The number of aromatic nitrogens is 4. The van der Waals surface area contributed by atoms with Crippen molar-refractivity contribution < 1.29 is 32.2 Å². The molecule has 2 saturated heterocycles. The van der Waals surface area contributed by atoms with Gasteiger partial charge in [-0.3, -0.25) is 19.6 Å². The molecule has 0 atom stereocenters. The Hall–Kier alpha value is -4.08. The standard InChI is InChI=1S/C37H47F3N8O4/c1-25(2)48(20-33(39)40)36(49)28-16-26(38)6-7-31(28)52-35-34(42-23-43-44-35)47-21-37(22-47)17-27(18-37)51-32-8-10-41-30-9-14-45(19-29(30)32)12-5-13-46-11-3-4-15-50-24-46/h6-8,10,16,23,25,27,33H,3-5,9,11-15,17-22,24H2,1-2H3. The van der Waals surface area contributed by atoms with Crippen LogP contribution in [0.1, 0.15) is 67.6 Å². The number of rotatable bonds is 13. The third-order valence-electron chi connectivity index (χ3n) is 10.5. The Balaban J connectivity index is 0.945. The molecule has 15 heteroatoms. The Bertz CT molecular complexity index is 1700. The molecule has 0 unspecified atom stereocenters. The van der Waals surface area contributed by atoms with Gasteiger partial charge in [-0.1, -0.05) is 0 Å². The molecule has 3 aromatic rings. The quantitative estimate of drug-likeness (QED) is 0.233. The molecule has 52 heavy (non-hydrogen) atoms. The molecule has 12 nitrogen and oxygen atoms in total. The van der Waals surface area contributed by atoms with Gasteiger partial charge in [0.2, 0.25) is 0 Å². The number of amides is 1. The minimum absolute atomic E-state index is 0.0199. The number of pyridine rings is 1. The third kappa shape index (κ3) is 8.26. The largest absolute Gasteiger partial charge is 0.490 e. The number of alkyl halides is 2. The van der Waals surface area contributed by atoms with Crippen LogP contribution in [0.5, 0.6) is 17.4 Å². The molecule has 2 aromatic heterocycles. The van der Waals surface area contributed by atoms with E-state index in [0.717, 1.165) is 107 Å². The van der Waals surface area contributed by atoms with Crippen LogP contribution in [0.4, 0.5) is 19.0 Å². The maximum absolute atomic E-state index is 14.3. The van der Waals surface area contributed by atoms with Crippen LogP contribution in [-0.2, 0) is 17.7 Å². The van der Waals surface area contributed by atoms with Gasteiger partial charge in [0.05, 0.1) is 18.8 Å². The summed E-state index contributed by atoms with van der Waals surface area (Å²) >= 11 is 0. The molecule has 1 aliphatic carbocycles. The van der Waals surface area contributed by atoms with E-state index in [-0.39, 0.29) is 28.7 Å². The summed E-state index contributed by atoms with van der Waals surface area (Å²) < 4.78 is 59.3. The number of carbonyl (C=O) groups is 1. The summed E-state index contributed by atoms with van der Waals surface area (Å²) in [6.45, 7) is 10.5. The first kappa shape index (κ1) is 36.3. The number of nitrogens with zero attached hydrogens (tertiary/aromatic N) is 8. The monoisotopic (exact) mass is 724 g/mol. The fourth-order valence-corrected chi connectivity index (χ4v) is 7.84. The van der Waals surface area contributed by atoms with Crippen LogP contribution in [0.25, 0.3) is 0 Å². The van der Waals surface area contributed by atoms with Crippen LogP contribution < -0.4 is 14.4 Å². The van der Waals surface area contributed by atoms with Gasteiger partial charge in [0.25, 0.3) is 18.2 Å². The van der Waals surface area contributed by atoms with Gasteiger partial charge in [0.1, 0.15) is 29.7 Å². The lowest BCUT2D eigenvalue weighted by Crippen LogP contribution is -2.65. The first-order chi connectivity index (χ1) is 25.2. The molecule has 0 radical (unpaired) electrons. The molecule has 3 fully saturated rings. The molecular weight excluding hydrogens is 677 g/mol. The Morgan fingerprint density at radius 1 is 1.08 bits per heavy atom. The zero-order valence-corrected chi connectivity index (χ0v) is 29.9. The smallest absolute Gasteiger partial charge is 0.282 e. The van der Waals surface area contributed by atoms with Crippen molar-refractivity contribution >= 4 is 11.7 Å².